The first kappa shape index (κ1) is 15.9. The van der Waals surface area contributed by atoms with Gasteiger partial charge in [0.1, 0.15) is 5.54 Å². The first-order chi connectivity index (χ1) is 9.26. The van der Waals surface area contributed by atoms with E-state index in [-0.39, 0.29) is 5.54 Å². The minimum absolute atomic E-state index is 0.367. The van der Waals surface area contributed by atoms with Gasteiger partial charge in [0.25, 0.3) is 0 Å². The van der Waals surface area contributed by atoms with Crippen molar-refractivity contribution in [3.05, 3.63) is 18.5 Å². The van der Waals surface area contributed by atoms with Crippen LogP contribution in [-0.4, -0.2) is 27.8 Å². The Hall–Kier alpha value is -1.12. The van der Waals surface area contributed by atoms with Crippen molar-refractivity contribution in [3.8, 4) is 6.07 Å². The minimum Gasteiger partial charge on any atom is -0.299 e. The van der Waals surface area contributed by atoms with Crippen molar-refractivity contribution >= 4 is 11.8 Å². The van der Waals surface area contributed by atoms with Crippen LogP contribution in [0.3, 0.4) is 0 Å². The van der Waals surface area contributed by atoms with Crippen LogP contribution in [-0.2, 0) is 0 Å². The molecule has 1 aromatic heterocycles. The van der Waals surface area contributed by atoms with Crippen molar-refractivity contribution in [2.45, 2.75) is 50.2 Å². The van der Waals surface area contributed by atoms with Gasteiger partial charge in [0.2, 0.25) is 0 Å². The molecule has 5 heteroatoms. The molecule has 104 valence electrons. The van der Waals surface area contributed by atoms with E-state index in [4.69, 9.17) is 0 Å². The van der Waals surface area contributed by atoms with Gasteiger partial charge in [0, 0.05) is 18.1 Å². The number of aromatic nitrogens is 2. The lowest BCUT2D eigenvalue weighted by atomic mass is 9.92. The molecule has 1 unspecified atom stereocenters. The van der Waals surface area contributed by atoms with Gasteiger partial charge in [-0.3, -0.25) is 5.32 Å². The lowest BCUT2D eigenvalue weighted by Gasteiger charge is -2.26. The number of thioether (sulfide) groups is 1. The zero-order valence-corrected chi connectivity index (χ0v) is 12.5. The minimum atomic E-state index is -0.367. The van der Waals surface area contributed by atoms with Crippen molar-refractivity contribution in [2.24, 2.45) is 0 Å². The second kappa shape index (κ2) is 8.89. The van der Waals surface area contributed by atoms with E-state index in [1.54, 1.807) is 24.2 Å². The van der Waals surface area contributed by atoms with Crippen molar-refractivity contribution < 1.29 is 0 Å². The molecule has 0 aromatic carbocycles. The summed E-state index contributed by atoms with van der Waals surface area (Å²) in [6, 6.07) is 4.26. The maximum atomic E-state index is 9.38. The van der Waals surface area contributed by atoms with Crippen LogP contribution in [0.2, 0.25) is 0 Å². The number of rotatable bonds is 9. The van der Waals surface area contributed by atoms with Crippen LogP contribution in [0.15, 0.2) is 23.6 Å². The van der Waals surface area contributed by atoms with Crippen LogP contribution < -0.4 is 5.32 Å². The molecule has 0 aliphatic rings. The molecule has 1 atom stereocenters. The van der Waals surface area contributed by atoms with Crippen LogP contribution >= 0.6 is 11.8 Å². The molecule has 0 saturated heterocycles. The van der Waals surface area contributed by atoms with E-state index in [1.807, 2.05) is 6.07 Å². The molecule has 0 fully saturated rings. The van der Waals surface area contributed by atoms with Crippen molar-refractivity contribution in [1.82, 2.24) is 15.3 Å². The van der Waals surface area contributed by atoms with Crippen molar-refractivity contribution in [3.63, 3.8) is 0 Å². The maximum Gasteiger partial charge on any atom is 0.187 e. The van der Waals surface area contributed by atoms with Gasteiger partial charge in [-0.2, -0.15) is 5.26 Å². The molecule has 1 N–H and O–H groups in total. The van der Waals surface area contributed by atoms with Crippen LogP contribution in [0, 0.1) is 11.3 Å². The summed E-state index contributed by atoms with van der Waals surface area (Å²) in [5.41, 5.74) is -0.367. The molecule has 1 heterocycles. The standard InChI is InChI=1S/C14H22N4S/c1-3-8-18-14(4-2,12-15)7-5-11-19-13-16-9-6-10-17-13/h6,9-10,18H,3-5,7-8,11H2,1-2H3. The number of hydrogen-bond acceptors (Lipinski definition) is 5. The van der Waals surface area contributed by atoms with Gasteiger partial charge in [-0.05, 0) is 38.3 Å². The molecular formula is C14H22N4S. The Morgan fingerprint density at radius 3 is 2.68 bits per heavy atom. The fourth-order valence-corrected chi connectivity index (χ4v) is 2.57. The fraction of sp³-hybridized carbons (Fsp3) is 0.643. The van der Waals surface area contributed by atoms with E-state index in [2.05, 4.69) is 35.2 Å². The topological polar surface area (TPSA) is 61.6 Å². The normalized spacial score (nSPS) is 13.7. The summed E-state index contributed by atoms with van der Waals surface area (Å²) in [5, 5.41) is 13.6. The first-order valence-corrected chi connectivity index (χ1v) is 7.81. The molecule has 0 aliphatic carbocycles. The highest BCUT2D eigenvalue weighted by Gasteiger charge is 2.26. The molecule has 0 bridgehead atoms. The first-order valence-electron chi connectivity index (χ1n) is 6.82. The Morgan fingerprint density at radius 2 is 2.11 bits per heavy atom. The Balaban J connectivity index is 2.34. The van der Waals surface area contributed by atoms with Gasteiger partial charge in [0.15, 0.2) is 5.16 Å². The zero-order chi connectivity index (χ0) is 14.0. The highest BCUT2D eigenvalue weighted by atomic mass is 32.2. The average Bonchev–Trinajstić information content (AvgIpc) is 2.48. The van der Waals surface area contributed by atoms with E-state index >= 15 is 0 Å². The van der Waals surface area contributed by atoms with Crippen molar-refractivity contribution in [2.75, 3.05) is 12.3 Å². The summed E-state index contributed by atoms with van der Waals surface area (Å²) in [4.78, 5) is 8.35. The molecule has 0 spiro atoms. The van der Waals surface area contributed by atoms with Crippen LogP contribution in [0.1, 0.15) is 39.5 Å². The maximum absolute atomic E-state index is 9.38. The number of hydrogen-bond donors (Lipinski definition) is 1. The molecule has 1 rings (SSSR count). The average molecular weight is 278 g/mol. The van der Waals surface area contributed by atoms with Crippen LogP contribution in [0.25, 0.3) is 0 Å². The van der Waals surface area contributed by atoms with E-state index in [0.29, 0.717) is 0 Å². The van der Waals surface area contributed by atoms with Gasteiger partial charge >= 0.3 is 0 Å². The van der Waals surface area contributed by atoms with Crippen LogP contribution in [0.4, 0.5) is 0 Å². The lowest BCUT2D eigenvalue weighted by molar-refractivity contribution is 0.371. The third-order valence-corrected chi connectivity index (χ3v) is 4.01. The van der Waals surface area contributed by atoms with E-state index in [9.17, 15) is 5.26 Å². The third-order valence-electron chi connectivity index (χ3n) is 3.05. The summed E-state index contributed by atoms with van der Waals surface area (Å²) < 4.78 is 0. The summed E-state index contributed by atoms with van der Waals surface area (Å²) >= 11 is 1.65. The van der Waals surface area contributed by atoms with Gasteiger partial charge in [-0.1, -0.05) is 25.6 Å². The quantitative estimate of drug-likeness (QED) is 0.427. The van der Waals surface area contributed by atoms with Crippen LogP contribution in [0.5, 0.6) is 0 Å². The Morgan fingerprint density at radius 1 is 1.37 bits per heavy atom. The smallest absolute Gasteiger partial charge is 0.187 e. The molecule has 0 radical (unpaired) electrons. The molecule has 4 nitrogen and oxygen atoms in total. The molecule has 19 heavy (non-hydrogen) atoms. The van der Waals surface area contributed by atoms with Crippen molar-refractivity contribution in [1.29, 1.82) is 5.26 Å². The lowest BCUT2D eigenvalue weighted by Crippen LogP contribution is -2.43. The zero-order valence-electron chi connectivity index (χ0n) is 11.7. The predicted molar refractivity (Wildman–Crippen MR) is 78.9 cm³/mol. The Labute approximate surface area is 120 Å². The molecule has 0 amide bonds. The number of nitriles is 1. The third kappa shape index (κ3) is 5.58. The second-order valence-electron chi connectivity index (χ2n) is 4.46. The van der Waals surface area contributed by atoms with E-state index in [1.165, 1.54) is 0 Å². The largest absolute Gasteiger partial charge is 0.299 e. The van der Waals surface area contributed by atoms with E-state index < -0.39 is 0 Å². The predicted octanol–water partition coefficient (Wildman–Crippen LogP) is 3.02. The summed E-state index contributed by atoms with van der Waals surface area (Å²) in [7, 11) is 0. The SMILES string of the molecule is CCCNC(C#N)(CC)CCCSc1ncccn1. The Bertz CT molecular complexity index is 390. The van der Waals surface area contributed by atoms with E-state index in [0.717, 1.165) is 43.1 Å². The highest BCUT2D eigenvalue weighted by molar-refractivity contribution is 7.99. The summed E-state index contributed by atoms with van der Waals surface area (Å²) in [6.07, 6.45) is 7.26. The van der Waals surface area contributed by atoms with Gasteiger partial charge in [-0.15, -0.1) is 0 Å². The fourth-order valence-electron chi connectivity index (χ4n) is 1.83. The molecule has 1 aromatic rings. The molecular weight excluding hydrogens is 256 g/mol. The summed E-state index contributed by atoms with van der Waals surface area (Å²) in [6.45, 7) is 5.09. The number of nitrogens with one attached hydrogen (secondary N) is 1. The Kier molecular flexibility index (Phi) is 7.46. The summed E-state index contributed by atoms with van der Waals surface area (Å²) in [5.74, 6) is 0.946. The van der Waals surface area contributed by atoms with Gasteiger partial charge in [0.05, 0.1) is 6.07 Å². The van der Waals surface area contributed by atoms with Gasteiger partial charge < -0.3 is 0 Å². The number of nitrogens with zero attached hydrogens (tertiary/aromatic N) is 3. The highest BCUT2D eigenvalue weighted by Crippen LogP contribution is 2.20. The molecule has 0 aliphatic heterocycles. The monoisotopic (exact) mass is 278 g/mol. The molecule has 0 saturated carbocycles. The second-order valence-corrected chi connectivity index (χ2v) is 5.52. The van der Waals surface area contributed by atoms with Gasteiger partial charge in [-0.25, -0.2) is 9.97 Å².